The lowest BCUT2D eigenvalue weighted by Gasteiger charge is -2.38. The lowest BCUT2D eigenvalue weighted by Crippen LogP contribution is -2.56. The van der Waals surface area contributed by atoms with Crippen molar-refractivity contribution in [3.8, 4) is 0 Å². The Balaban J connectivity index is 1.56. The van der Waals surface area contributed by atoms with Gasteiger partial charge in [0, 0.05) is 49.1 Å². The fraction of sp³-hybridized carbons (Fsp3) is 0.469. The second kappa shape index (κ2) is 12.3. The summed E-state index contributed by atoms with van der Waals surface area (Å²) < 4.78 is -0.713. The van der Waals surface area contributed by atoms with Crippen molar-refractivity contribution in [3.05, 3.63) is 67.8 Å². The highest BCUT2D eigenvalue weighted by atomic mass is 79.9. The number of likely N-dealkylation sites (N-methyl/N-ethyl adjacent to an activating group) is 1. The Morgan fingerprint density at radius 1 is 1.10 bits per heavy atom. The zero-order chi connectivity index (χ0) is 29.3. The van der Waals surface area contributed by atoms with Crippen molar-refractivity contribution in [3.63, 3.8) is 0 Å². The van der Waals surface area contributed by atoms with Crippen LogP contribution < -0.4 is 4.90 Å². The van der Waals surface area contributed by atoms with Gasteiger partial charge >= 0.3 is 0 Å². The van der Waals surface area contributed by atoms with E-state index in [0.29, 0.717) is 38.9 Å². The van der Waals surface area contributed by atoms with Crippen molar-refractivity contribution in [1.82, 2.24) is 9.80 Å². The van der Waals surface area contributed by atoms with Gasteiger partial charge in [0.25, 0.3) is 5.91 Å². The number of likely N-dealkylation sites (tertiary alicyclic amines) is 1. The van der Waals surface area contributed by atoms with Gasteiger partial charge in [-0.3, -0.25) is 14.4 Å². The van der Waals surface area contributed by atoms with Gasteiger partial charge in [0.15, 0.2) is 0 Å². The van der Waals surface area contributed by atoms with Crippen LogP contribution in [0.2, 0.25) is 0 Å². The molecule has 0 aliphatic carbocycles. The zero-order valence-electron chi connectivity index (χ0n) is 23.5. The summed E-state index contributed by atoms with van der Waals surface area (Å²) in [5.41, 5.74) is 0.757. The van der Waals surface area contributed by atoms with E-state index in [2.05, 4.69) is 29.1 Å². The number of amides is 3. The second-order valence-corrected chi connectivity index (χ2v) is 14.0. The number of aliphatic hydroxyl groups excluding tert-OH is 1. The number of hydrogen-bond acceptors (Lipinski definition) is 5. The van der Waals surface area contributed by atoms with Crippen LogP contribution in [-0.4, -0.2) is 86.8 Å². The number of anilines is 1. The van der Waals surface area contributed by atoms with Gasteiger partial charge in [-0.2, -0.15) is 0 Å². The maximum Gasteiger partial charge on any atom is 0.251 e. The minimum atomic E-state index is -0.713. The van der Waals surface area contributed by atoms with Gasteiger partial charge in [-0.25, -0.2) is 0 Å². The maximum atomic E-state index is 14.8. The van der Waals surface area contributed by atoms with Crippen LogP contribution in [0, 0.1) is 11.8 Å². The average Bonchev–Trinajstić information content (AvgIpc) is 3.56. The summed E-state index contributed by atoms with van der Waals surface area (Å²) in [6, 6.07) is 13.3. The van der Waals surface area contributed by atoms with E-state index in [1.54, 1.807) is 45.7 Å². The van der Waals surface area contributed by atoms with E-state index in [1.807, 2.05) is 42.5 Å². The molecule has 3 unspecified atom stereocenters. The van der Waals surface area contributed by atoms with E-state index in [9.17, 15) is 19.5 Å². The molecule has 7 nitrogen and oxygen atoms in total. The largest absolute Gasteiger partial charge is 0.396 e. The van der Waals surface area contributed by atoms with Crippen molar-refractivity contribution in [2.75, 3.05) is 38.2 Å². The molecule has 0 aromatic heterocycles. The smallest absolute Gasteiger partial charge is 0.251 e. The summed E-state index contributed by atoms with van der Waals surface area (Å²) in [5.74, 6) is -1.40. The number of rotatable bonds is 12. The van der Waals surface area contributed by atoms with Crippen LogP contribution in [0.15, 0.2) is 67.8 Å². The van der Waals surface area contributed by atoms with Gasteiger partial charge in [0.05, 0.1) is 16.6 Å². The molecular weight excluding hydrogens is 602 g/mol. The molecule has 0 radical (unpaired) electrons. The maximum absolute atomic E-state index is 14.8. The Morgan fingerprint density at radius 2 is 1.83 bits per heavy atom. The number of carbonyl (C=O) groups excluding carboxylic acids is 3. The molecule has 3 fully saturated rings. The quantitative estimate of drug-likeness (QED) is 0.208. The molecule has 3 aliphatic rings. The summed E-state index contributed by atoms with van der Waals surface area (Å²) in [6.45, 7) is 8.91. The fourth-order valence-corrected chi connectivity index (χ4v) is 10.6. The highest BCUT2D eigenvalue weighted by molar-refractivity contribution is 9.09. The Kier molecular flexibility index (Phi) is 8.97. The second-order valence-electron chi connectivity index (χ2n) is 11.3. The normalized spacial score (nSPS) is 28.1. The van der Waals surface area contributed by atoms with Crippen molar-refractivity contribution in [1.29, 1.82) is 0 Å². The monoisotopic (exact) mass is 639 g/mol. The topological polar surface area (TPSA) is 81.2 Å². The minimum Gasteiger partial charge on any atom is -0.396 e. The molecule has 6 atom stereocenters. The van der Waals surface area contributed by atoms with E-state index in [0.717, 1.165) is 22.9 Å². The first kappa shape index (κ1) is 29.9. The van der Waals surface area contributed by atoms with Crippen LogP contribution in [-0.2, 0) is 14.4 Å². The van der Waals surface area contributed by atoms with Crippen LogP contribution in [0.25, 0.3) is 10.8 Å². The van der Waals surface area contributed by atoms with Gasteiger partial charge in [-0.05, 0) is 48.6 Å². The zero-order valence-corrected chi connectivity index (χ0v) is 25.9. The summed E-state index contributed by atoms with van der Waals surface area (Å²) >= 11 is 5.50. The molecule has 41 heavy (non-hydrogen) atoms. The first-order chi connectivity index (χ1) is 19.8. The highest BCUT2D eigenvalue weighted by Crippen LogP contribution is 2.68. The van der Waals surface area contributed by atoms with Gasteiger partial charge in [-0.1, -0.05) is 58.4 Å². The Labute approximate surface area is 254 Å². The molecule has 2 aromatic rings. The summed E-state index contributed by atoms with van der Waals surface area (Å²) in [7, 11) is 1.75. The number of unbranched alkanes of at least 4 members (excludes halogenated alkanes) is 2. The molecule has 218 valence electrons. The highest BCUT2D eigenvalue weighted by Gasteiger charge is 2.75. The lowest BCUT2D eigenvalue weighted by molar-refractivity contribution is -0.143. The number of benzene rings is 2. The van der Waals surface area contributed by atoms with Gasteiger partial charge in [-0.15, -0.1) is 24.9 Å². The first-order valence-corrected chi connectivity index (χ1v) is 16.1. The number of aliphatic hydroxyl groups is 1. The molecule has 5 rings (SSSR count). The van der Waals surface area contributed by atoms with E-state index < -0.39 is 22.6 Å². The number of hydrogen-bond donors (Lipinski definition) is 1. The number of halogens is 1. The Morgan fingerprint density at radius 3 is 2.54 bits per heavy atom. The van der Waals surface area contributed by atoms with Crippen LogP contribution in [0.5, 0.6) is 0 Å². The predicted molar refractivity (Wildman–Crippen MR) is 169 cm³/mol. The van der Waals surface area contributed by atoms with E-state index in [-0.39, 0.29) is 34.4 Å². The SMILES string of the molecule is C=CCN(C)C(=O)[C@H]1[C@@H]2SC3(CC2Br)C(C(=O)N(CC=C)c2ccc4ccccc4c2)N(CCCCCO)C(=O)[C@H]13. The van der Waals surface area contributed by atoms with Crippen molar-refractivity contribution >= 4 is 61.9 Å². The summed E-state index contributed by atoms with van der Waals surface area (Å²) in [4.78, 5) is 48.0. The number of carbonyl (C=O) groups is 3. The standard InChI is InChI=1S/C32H38BrN3O4S/c1-4-15-34(3)29(38)25-26-30(39)36(17-9-6-10-18-37)28(32(26)20-24(33)27(25)41-32)31(40)35(16-5-2)23-14-13-21-11-7-8-12-22(21)19-23/h4-5,7-8,11-14,19,24-28,37H,1-2,6,9-10,15-18,20H2,3H3/t24?,25-,26+,27-,28?,32?/m1/s1. The third kappa shape index (κ3) is 5.14. The fourth-order valence-electron chi connectivity index (χ4n) is 6.98. The number of nitrogens with zero attached hydrogens (tertiary/aromatic N) is 3. The minimum absolute atomic E-state index is 0.0146. The molecule has 3 heterocycles. The predicted octanol–water partition coefficient (Wildman–Crippen LogP) is 4.63. The first-order valence-electron chi connectivity index (χ1n) is 14.3. The number of fused-ring (bicyclic) bond motifs is 2. The lowest BCUT2D eigenvalue weighted by atomic mass is 9.70. The summed E-state index contributed by atoms with van der Waals surface area (Å²) in [6.07, 6.45) is 6.11. The Bertz CT molecular complexity index is 1350. The van der Waals surface area contributed by atoms with Gasteiger partial charge < -0.3 is 19.8 Å². The van der Waals surface area contributed by atoms with Crippen LogP contribution in [0.3, 0.4) is 0 Å². The molecule has 3 saturated heterocycles. The molecule has 0 saturated carbocycles. The Hall–Kier alpha value is -2.62. The molecule has 1 N–H and O–H groups in total. The molecule has 1 spiro atoms. The van der Waals surface area contributed by atoms with E-state index in [4.69, 9.17) is 0 Å². The third-order valence-corrected chi connectivity index (χ3v) is 12.0. The molecule has 9 heteroatoms. The third-order valence-electron chi connectivity index (χ3n) is 8.77. The molecule has 3 amide bonds. The van der Waals surface area contributed by atoms with Gasteiger partial charge in [0.1, 0.15) is 6.04 Å². The average molecular weight is 641 g/mol. The van der Waals surface area contributed by atoms with Crippen molar-refractivity contribution < 1.29 is 19.5 Å². The van der Waals surface area contributed by atoms with Crippen molar-refractivity contribution in [2.24, 2.45) is 11.8 Å². The number of thioether (sulfide) groups is 1. The van der Waals surface area contributed by atoms with Gasteiger partial charge in [0.2, 0.25) is 11.8 Å². The molecular formula is C32H38BrN3O4S. The summed E-state index contributed by atoms with van der Waals surface area (Å²) in [5, 5.41) is 11.3. The van der Waals surface area contributed by atoms with Crippen LogP contribution in [0.1, 0.15) is 25.7 Å². The van der Waals surface area contributed by atoms with Crippen LogP contribution >= 0.6 is 27.7 Å². The van der Waals surface area contributed by atoms with E-state index >= 15 is 0 Å². The number of alkyl halides is 1. The molecule has 3 aliphatic heterocycles. The molecule has 2 bridgehead atoms. The van der Waals surface area contributed by atoms with E-state index in [1.165, 1.54) is 0 Å². The van der Waals surface area contributed by atoms with Crippen LogP contribution in [0.4, 0.5) is 5.69 Å². The molecule has 2 aromatic carbocycles. The van der Waals surface area contributed by atoms with Crippen molar-refractivity contribution in [2.45, 2.75) is 46.5 Å².